The monoisotopic (exact) mass is 425 g/mol. The molecule has 0 radical (unpaired) electrons. The van der Waals surface area contributed by atoms with E-state index in [0.717, 1.165) is 11.3 Å². The van der Waals surface area contributed by atoms with Crippen molar-refractivity contribution in [2.45, 2.75) is 33.5 Å². The van der Waals surface area contributed by atoms with Gasteiger partial charge in [0.05, 0.1) is 30.8 Å². The Kier molecular flexibility index (Phi) is 7.50. The molecule has 0 aliphatic rings. The summed E-state index contributed by atoms with van der Waals surface area (Å²) in [5.74, 6) is 0.227. The minimum atomic E-state index is -0.588. The lowest BCUT2D eigenvalue weighted by Gasteiger charge is -2.12. The fourth-order valence-electron chi connectivity index (χ4n) is 2.74. The first-order valence-electron chi connectivity index (χ1n) is 9.88. The predicted molar refractivity (Wildman–Crippen MR) is 113 cm³/mol. The van der Waals surface area contributed by atoms with Crippen LogP contribution in [0.15, 0.2) is 54.9 Å². The van der Waals surface area contributed by atoms with Crippen LogP contribution in [0.3, 0.4) is 0 Å². The first-order valence-corrected chi connectivity index (χ1v) is 9.88. The molecule has 1 amide bonds. The zero-order valence-electron chi connectivity index (χ0n) is 17.6. The molecule has 0 saturated heterocycles. The number of carbonyl (C=O) groups excluding carboxylic acids is 1. The summed E-state index contributed by atoms with van der Waals surface area (Å²) in [6.45, 7) is 6.07. The van der Waals surface area contributed by atoms with Crippen molar-refractivity contribution in [1.82, 2.24) is 15.4 Å². The maximum atomic E-state index is 14.0. The van der Waals surface area contributed by atoms with Gasteiger partial charge in [0, 0.05) is 11.1 Å². The molecule has 0 aliphatic carbocycles. The van der Waals surface area contributed by atoms with Gasteiger partial charge in [-0.25, -0.2) is 14.9 Å². The van der Waals surface area contributed by atoms with E-state index in [2.05, 4.69) is 15.4 Å². The number of nitrogens with zero attached hydrogens (tertiary/aromatic N) is 2. The average Bonchev–Trinajstić information content (AvgIpc) is 2.76. The lowest BCUT2D eigenvalue weighted by atomic mass is 10.1. The maximum absolute atomic E-state index is 14.0. The van der Waals surface area contributed by atoms with Crippen LogP contribution in [-0.4, -0.2) is 28.6 Å². The molecule has 3 aromatic rings. The van der Waals surface area contributed by atoms with Gasteiger partial charge in [0.25, 0.3) is 5.91 Å². The largest absolute Gasteiger partial charge is 0.494 e. The summed E-state index contributed by atoms with van der Waals surface area (Å²) >= 11 is 0. The Morgan fingerprint density at radius 2 is 1.84 bits per heavy atom. The molecule has 162 valence electrons. The van der Waals surface area contributed by atoms with E-state index in [1.807, 2.05) is 45.0 Å². The lowest BCUT2D eigenvalue weighted by Crippen LogP contribution is -2.25. The number of hydrogen-bond donors (Lipinski definition) is 1. The van der Waals surface area contributed by atoms with Gasteiger partial charge >= 0.3 is 0 Å². The summed E-state index contributed by atoms with van der Waals surface area (Å²) in [5.41, 5.74) is 3.92. The van der Waals surface area contributed by atoms with E-state index in [9.17, 15) is 9.18 Å². The van der Waals surface area contributed by atoms with E-state index < -0.39 is 11.7 Å². The van der Waals surface area contributed by atoms with Gasteiger partial charge in [0.15, 0.2) is 0 Å². The quantitative estimate of drug-likeness (QED) is 0.514. The van der Waals surface area contributed by atoms with E-state index in [4.69, 9.17) is 14.3 Å². The molecule has 0 spiro atoms. The van der Waals surface area contributed by atoms with Crippen molar-refractivity contribution < 1.29 is 23.5 Å². The van der Waals surface area contributed by atoms with Crippen molar-refractivity contribution >= 4 is 5.91 Å². The van der Waals surface area contributed by atoms with Crippen LogP contribution in [0, 0.1) is 5.82 Å². The van der Waals surface area contributed by atoms with Gasteiger partial charge in [-0.05, 0) is 63.2 Å². The molecule has 1 heterocycles. The second kappa shape index (κ2) is 10.5. The van der Waals surface area contributed by atoms with Crippen molar-refractivity contribution in [3.8, 4) is 22.8 Å². The molecule has 0 unspecified atom stereocenters. The molecule has 0 saturated carbocycles. The molecule has 0 fully saturated rings. The standard InChI is InChI=1S/C23H24FN3O4/c1-4-29-18-7-5-16(6-8-18)21-12-25-13-22(26-21)23(28)27-30-14-17-11-19(31-15(2)3)9-10-20(17)24/h5-13,15H,4,14H2,1-3H3,(H,27,28). The van der Waals surface area contributed by atoms with Crippen molar-refractivity contribution in [3.63, 3.8) is 0 Å². The second-order valence-corrected chi connectivity index (χ2v) is 6.89. The van der Waals surface area contributed by atoms with Crippen molar-refractivity contribution in [3.05, 3.63) is 71.9 Å². The number of halogens is 1. The molecule has 1 N–H and O–H groups in total. The normalized spacial score (nSPS) is 10.7. The summed E-state index contributed by atoms with van der Waals surface area (Å²) in [6, 6.07) is 11.7. The zero-order chi connectivity index (χ0) is 22.2. The highest BCUT2D eigenvalue weighted by atomic mass is 19.1. The highest BCUT2D eigenvalue weighted by Crippen LogP contribution is 2.21. The molecule has 31 heavy (non-hydrogen) atoms. The number of hydroxylamine groups is 1. The fourth-order valence-corrected chi connectivity index (χ4v) is 2.74. The number of nitrogens with one attached hydrogen (secondary N) is 1. The molecule has 0 atom stereocenters. The molecule has 2 aromatic carbocycles. The van der Waals surface area contributed by atoms with Crippen molar-refractivity contribution in [2.24, 2.45) is 0 Å². The van der Waals surface area contributed by atoms with Crippen LogP contribution in [0.25, 0.3) is 11.3 Å². The van der Waals surface area contributed by atoms with Gasteiger partial charge in [-0.2, -0.15) is 0 Å². The topological polar surface area (TPSA) is 82.6 Å². The molecular weight excluding hydrogens is 401 g/mol. The van der Waals surface area contributed by atoms with Gasteiger partial charge in [0.1, 0.15) is 29.6 Å². The van der Waals surface area contributed by atoms with Gasteiger partial charge in [-0.15, -0.1) is 0 Å². The SMILES string of the molecule is CCOc1ccc(-c2cncc(C(=O)NOCc3cc(OC(C)C)ccc3F)n2)cc1. The predicted octanol–water partition coefficient (Wildman–Crippen LogP) is 4.33. The minimum absolute atomic E-state index is 0.0415. The average molecular weight is 425 g/mol. The summed E-state index contributed by atoms with van der Waals surface area (Å²) in [7, 11) is 0. The molecule has 8 heteroatoms. The third-order valence-corrected chi connectivity index (χ3v) is 4.11. The number of benzene rings is 2. The molecule has 7 nitrogen and oxygen atoms in total. The summed E-state index contributed by atoms with van der Waals surface area (Å²) < 4.78 is 25.0. The van der Waals surface area contributed by atoms with Crippen LogP contribution in [0.4, 0.5) is 4.39 Å². The summed E-state index contributed by atoms with van der Waals surface area (Å²) in [5, 5.41) is 0. The Labute approximate surface area is 180 Å². The number of rotatable bonds is 9. The summed E-state index contributed by atoms with van der Waals surface area (Å²) in [6.07, 6.45) is 2.84. The van der Waals surface area contributed by atoms with Crippen LogP contribution in [-0.2, 0) is 11.4 Å². The maximum Gasteiger partial charge on any atom is 0.295 e. The molecule has 3 rings (SSSR count). The minimum Gasteiger partial charge on any atom is -0.494 e. The van der Waals surface area contributed by atoms with Gasteiger partial charge in [-0.3, -0.25) is 14.6 Å². The molecular formula is C23H24FN3O4. The van der Waals surface area contributed by atoms with Crippen LogP contribution in [0.1, 0.15) is 36.8 Å². The van der Waals surface area contributed by atoms with Crippen LogP contribution in [0.5, 0.6) is 11.5 Å². The smallest absolute Gasteiger partial charge is 0.295 e. The second-order valence-electron chi connectivity index (χ2n) is 6.89. The highest BCUT2D eigenvalue weighted by Gasteiger charge is 2.12. The molecule has 1 aromatic heterocycles. The van der Waals surface area contributed by atoms with E-state index in [0.29, 0.717) is 18.1 Å². The Balaban J connectivity index is 1.62. The van der Waals surface area contributed by atoms with Crippen molar-refractivity contribution in [1.29, 1.82) is 0 Å². The zero-order valence-corrected chi connectivity index (χ0v) is 17.6. The van der Waals surface area contributed by atoms with Crippen LogP contribution < -0.4 is 15.0 Å². The first kappa shape index (κ1) is 22.2. The van der Waals surface area contributed by atoms with Gasteiger partial charge in [-0.1, -0.05) is 0 Å². The van der Waals surface area contributed by atoms with Crippen molar-refractivity contribution in [2.75, 3.05) is 6.61 Å². The van der Waals surface area contributed by atoms with Gasteiger partial charge in [0.2, 0.25) is 0 Å². The third kappa shape index (κ3) is 6.23. The van der Waals surface area contributed by atoms with Crippen LogP contribution in [0.2, 0.25) is 0 Å². The van der Waals surface area contributed by atoms with E-state index in [1.54, 1.807) is 12.3 Å². The van der Waals surface area contributed by atoms with E-state index >= 15 is 0 Å². The number of carbonyl (C=O) groups is 1. The number of aromatic nitrogens is 2. The van der Waals surface area contributed by atoms with Gasteiger partial charge < -0.3 is 9.47 Å². The third-order valence-electron chi connectivity index (χ3n) is 4.11. The first-order chi connectivity index (χ1) is 15.0. The van der Waals surface area contributed by atoms with Crippen LogP contribution >= 0.6 is 0 Å². The molecule has 0 bridgehead atoms. The Hall–Kier alpha value is -3.52. The molecule has 0 aliphatic heterocycles. The number of ether oxygens (including phenoxy) is 2. The van der Waals surface area contributed by atoms with E-state index in [1.165, 1.54) is 18.3 Å². The van der Waals surface area contributed by atoms with E-state index in [-0.39, 0.29) is 24.0 Å². The Morgan fingerprint density at radius 3 is 2.55 bits per heavy atom. The Morgan fingerprint density at radius 1 is 1.10 bits per heavy atom. The number of amides is 1. The summed E-state index contributed by atoms with van der Waals surface area (Å²) in [4.78, 5) is 26.0. The Bertz CT molecular complexity index is 1030. The number of hydrogen-bond acceptors (Lipinski definition) is 6. The fraction of sp³-hybridized carbons (Fsp3) is 0.261. The highest BCUT2D eigenvalue weighted by molar-refractivity contribution is 5.91. The lowest BCUT2D eigenvalue weighted by molar-refractivity contribution is 0.0218.